The summed E-state index contributed by atoms with van der Waals surface area (Å²) in [6, 6.07) is 0.643. The van der Waals surface area contributed by atoms with Gasteiger partial charge in [0.05, 0.1) is 12.7 Å². The van der Waals surface area contributed by atoms with Crippen molar-refractivity contribution in [2.24, 2.45) is 5.92 Å². The Hall–Kier alpha value is -0.0800. The summed E-state index contributed by atoms with van der Waals surface area (Å²) in [4.78, 5) is 0. The van der Waals surface area contributed by atoms with Crippen molar-refractivity contribution in [3.05, 3.63) is 0 Å². The highest BCUT2D eigenvalue weighted by Crippen LogP contribution is 2.26. The highest BCUT2D eigenvalue weighted by Gasteiger charge is 2.23. The van der Waals surface area contributed by atoms with Crippen molar-refractivity contribution >= 4 is 0 Å². The number of nitrogens with one attached hydrogen (secondary N) is 1. The van der Waals surface area contributed by atoms with Gasteiger partial charge < -0.3 is 10.1 Å². The maximum atomic E-state index is 6.02. The predicted molar refractivity (Wildman–Crippen MR) is 58.4 cm³/mol. The zero-order chi connectivity index (χ0) is 9.80. The van der Waals surface area contributed by atoms with Crippen LogP contribution in [0.1, 0.15) is 45.4 Å². The molecule has 3 atom stereocenters. The van der Waals surface area contributed by atoms with E-state index in [1.54, 1.807) is 0 Å². The molecule has 1 aliphatic heterocycles. The minimum absolute atomic E-state index is 0.547. The van der Waals surface area contributed by atoms with Gasteiger partial charge in [-0.1, -0.05) is 19.8 Å². The lowest BCUT2D eigenvalue weighted by molar-refractivity contribution is -0.0129. The Morgan fingerprint density at radius 1 is 1.14 bits per heavy atom. The van der Waals surface area contributed by atoms with Gasteiger partial charge in [-0.25, -0.2) is 0 Å². The van der Waals surface area contributed by atoms with Crippen LogP contribution >= 0.6 is 0 Å². The summed E-state index contributed by atoms with van der Waals surface area (Å²) in [6.45, 7) is 4.47. The van der Waals surface area contributed by atoms with Crippen molar-refractivity contribution in [2.45, 2.75) is 57.6 Å². The Balaban J connectivity index is 1.67. The smallest absolute Gasteiger partial charge is 0.0623 e. The molecular weight excluding hydrogens is 174 g/mol. The quantitative estimate of drug-likeness (QED) is 0.750. The van der Waals surface area contributed by atoms with Crippen LogP contribution in [0.4, 0.5) is 0 Å². The summed E-state index contributed by atoms with van der Waals surface area (Å²) in [6.07, 6.45) is 8.60. The van der Waals surface area contributed by atoms with Crippen LogP contribution in [-0.4, -0.2) is 25.3 Å². The van der Waals surface area contributed by atoms with Crippen molar-refractivity contribution in [1.82, 2.24) is 5.32 Å². The fourth-order valence-electron chi connectivity index (χ4n) is 2.67. The molecule has 14 heavy (non-hydrogen) atoms. The first-order valence-electron chi connectivity index (χ1n) is 6.21. The zero-order valence-corrected chi connectivity index (χ0v) is 9.30. The molecule has 2 fully saturated rings. The molecule has 1 saturated carbocycles. The van der Waals surface area contributed by atoms with Crippen LogP contribution < -0.4 is 5.32 Å². The van der Waals surface area contributed by atoms with Gasteiger partial charge in [-0.15, -0.1) is 0 Å². The zero-order valence-electron chi connectivity index (χ0n) is 9.30. The minimum Gasteiger partial charge on any atom is -0.376 e. The van der Waals surface area contributed by atoms with Crippen molar-refractivity contribution in [2.75, 3.05) is 13.2 Å². The number of hydrogen-bond acceptors (Lipinski definition) is 2. The van der Waals surface area contributed by atoms with Gasteiger partial charge in [0.1, 0.15) is 0 Å². The third kappa shape index (κ3) is 2.71. The molecule has 0 aromatic carbocycles. The van der Waals surface area contributed by atoms with E-state index >= 15 is 0 Å². The molecule has 1 saturated heterocycles. The predicted octanol–water partition coefficient (Wildman–Crippen LogP) is 2.33. The molecule has 2 rings (SSSR count). The lowest BCUT2D eigenvalue weighted by atomic mass is 9.88. The van der Waals surface area contributed by atoms with Gasteiger partial charge in [-0.05, 0) is 38.1 Å². The van der Waals surface area contributed by atoms with Crippen LogP contribution in [0.5, 0.6) is 0 Å². The van der Waals surface area contributed by atoms with E-state index in [1.165, 1.54) is 45.1 Å². The third-order valence-electron chi connectivity index (χ3n) is 3.71. The van der Waals surface area contributed by atoms with Crippen LogP contribution in [-0.2, 0) is 4.74 Å². The number of rotatable bonds is 3. The van der Waals surface area contributed by atoms with Gasteiger partial charge in [0.25, 0.3) is 0 Å². The van der Waals surface area contributed by atoms with Crippen molar-refractivity contribution in [3.8, 4) is 0 Å². The molecular formula is C12H23NO. The second-order valence-electron chi connectivity index (χ2n) is 4.93. The SMILES string of the molecule is CC1CCCCC1OC[C@@H]1CCCN1. The van der Waals surface area contributed by atoms with E-state index in [-0.39, 0.29) is 0 Å². The maximum Gasteiger partial charge on any atom is 0.0623 e. The van der Waals surface area contributed by atoms with Gasteiger partial charge in [-0.3, -0.25) is 0 Å². The first kappa shape index (κ1) is 10.4. The van der Waals surface area contributed by atoms with Gasteiger partial charge in [-0.2, -0.15) is 0 Å². The topological polar surface area (TPSA) is 21.3 Å². The van der Waals surface area contributed by atoms with E-state index in [9.17, 15) is 0 Å². The molecule has 0 radical (unpaired) electrons. The second kappa shape index (κ2) is 5.13. The third-order valence-corrected chi connectivity index (χ3v) is 3.71. The Kier molecular flexibility index (Phi) is 3.82. The standard InChI is InChI=1S/C12H23NO/c1-10-5-2-3-7-12(10)14-9-11-6-4-8-13-11/h10-13H,2-9H2,1H3/t10?,11-,12?/m0/s1. The second-order valence-corrected chi connectivity index (χ2v) is 4.93. The van der Waals surface area contributed by atoms with E-state index in [2.05, 4.69) is 12.2 Å². The van der Waals surface area contributed by atoms with E-state index in [0.717, 1.165) is 12.5 Å². The largest absolute Gasteiger partial charge is 0.376 e. The van der Waals surface area contributed by atoms with Gasteiger partial charge in [0, 0.05) is 6.04 Å². The fourth-order valence-corrected chi connectivity index (χ4v) is 2.67. The summed E-state index contributed by atoms with van der Waals surface area (Å²) in [5, 5.41) is 3.49. The molecule has 0 spiro atoms. The summed E-state index contributed by atoms with van der Waals surface area (Å²) >= 11 is 0. The molecule has 1 heterocycles. The van der Waals surface area contributed by atoms with Crippen LogP contribution in [0.3, 0.4) is 0 Å². The molecule has 1 N–H and O–H groups in total. The highest BCUT2D eigenvalue weighted by atomic mass is 16.5. The minimum atomic E-state index is 0.547. The maximum absolute atomic E-state index is 6.02. The molecule has 2 nitrogen and oxygen atoms in total. The first-order chi connectivity index (χ1) is 6.86. The summed E-state index contributed by atoms with van der Waals surface area (Å²) in [5.74, 6) is 0.783. The lowest BCUT2D eigenvalue weighted by Gasteiger charge is -2.29. The van der Waals surface area contributed by atoms with Gasteiger partial charge >= 0.3 is 0 Å². The van der Waals surface area contributed by atoms with Crippen LogP contribution in [0.2, 0.25) is 0 Å². The molecule has 1 aliphatic carbocycles. The molecule has 0 amide bonds. The fraction of sp³-hybridized carbons (Fsp3) is 1.00. The van der Waals surface area contributed by atoms with Crippen LogP contribution in [0.25, 0.3) is 0 Å². The normalized spacial score (nSPS) is 38.8. The van der Waals surface area contributed by atoms with E-state index < -0.39 is 0 Å². The van der Waals surface area contributed by atoms with Crippen molar-refractivity contribution < 1.29 is 4.74 Å². The average Bonchev–Trinajstić information content (AvgIpc) is 2.69. The molecule has 0 aromatic rings. The summed E-state index contributed by atoms with van der Waals surface area (Å²) in [7, 11) is 0. The van der Waals surface area contributed by atoms with Crippen molar-refractivity contribution in [3.63, 3.8) is 0 Å². The summed E-state index contributed by atoms with van der Waals surface area (Å²) < 4.78 is 6.02. The first-order valence-corrected chi connectivity index (χ1v) is 6.21. The Morgan fingerprint density at radius 3 is 2.71 bits per heavy atom. The van der Waals surface area contributed by atoms with Crippen molar-refractivity contribution in [1.29, 1.82) is 0 Å². The molecule has 0 bridgehead atoms. The molecule has 2 aliphatic rings. The monoisotopic (exact) mass is 197 g/mol. The van der Waals surface area contributed by atoms with Gasteiger partial charge in [0.15, 0.2) is 0 Å². The highest BCUT2D eigenvalue weighted by molar-refractivity contribution is 4.77. The lowest BCUT2D eigenvalue weighted by Crippen LogP contribution is -2.33. The number of ether oxygens (including phenoxy) is 1. The van der Waals surface area contributed by atoms with Crippen LogP contribution in [0, 0.1) is 5.92 Å². The Bertz CT molecular complexity index is 166. The Labute approximate surface area is 87.4 Å². The van der Waals surface area contributed by atoms with E-state index in [4.69, 9.17) is 4.74 Å². The van der Waals surface area contributed by atoms with E-state index in [0.29, 0.717) is 12.1 Å². The molecule has 0 aromatic heterocycles. The van der Waals surface area contributed by atoms with Gasteiger partial charge in [0.2, 0.25) is 0 Å². The molecule has 82 valence electrons. The average molecular weight is 197 g/mol. The molecule has 2 heteroatoms. The van der Waals surface area contributed by atoms with E-state index in [1.807, 2.05) is 0 Å². The molecule has 2 unspecified atom stereocenters. The Morgan fingerprint density at radius 2 is 2.00 bits per heavy atom. The number of hydrogen-bond donors (Lipinski definition) is 1. The summed E-state index contributed by atoms with van der Waals surface area (Å²) in [5.41, 5.74) is 0. The van der Waals surface area contributed by atoms with Crippen LogP contribution in [0.15, 0.2) is 0 Å².